The highest BCUT2D eigenvalue weighted by Crippen LogP contribution is 2.09. The normalized spacial score (nSPS) is 13.8. The van der Waals surface area contributed by atoms with Gasteiger partial charge in [-0.05, 0) is 75.2 Å². The van der Waals surface area contributed by atoms with Crippen LogP contribution in [0.25, 0.3) is 0 Å². The molecule has 6 atom stereocenters. The van der Waals surface area contributed by atoms with Crippen molar-refractivity contribution in [2.75, 3.05) is 39.3 Å². The average Bonchev–Trinajstić information content (AvgIpc) is 3.23. The van der Waals surface area contributed by atoms with Crippen molar-refractivity contribution in [2.45, 2.75) is 137 Å². The maximum Gasteiger partial charge on any atom is 0.326 e. The molecule has 0 unspecified atom stereocenters. The highest BCUT2D eigenvalue weighted by atomic mass is 16.4. The molecule has 0 aromatic rings. The Morgan fingerprint density at radius 3 is 1.30 bits per heavy atom. The van der Waals surface area contributed by atoms with Crippen molar-refractivity contribution in [3.05, 3.63) is 0 Å². The van der Waals surface area contributed by atoms with E-state index in [0.717, 1.165) is 0 Å². The topological polar surface area (TPSA) is 416 Å². The predicted molar refractivity (Wildman–Crippen MR) is 249 cm³/mol. The van der Waals surface area contributed by atoms with Crippen LogP contribution in [0.15, 0.2) is 4.99 Å². The van der Waals surface area contributed by atoms with Gasteiger partial charge in [0.25, 0.3) is 0 Å². The number of rotatable bonds is 33. The number of hydrogen-bond donors (Lipinski definition) is 14. The van der Waals surface area contributed by atoms with Gasteiger partial charge in [0.05, 0.1) is 32.2 Å². The smallest absolute Gasteiger partial charge is 0.326 e. The number of amides is 9. The molecule has 25 nitrogen and oxygen atoms in total. The molecule has 0 bridgehead atoms. The van der Waals surface area contributed by atoms with Crippen LogP contribution in [0.4, 0.5) is 0 Å². The minimum Gasteiger partial charge on any atom is -0.480 e. The second kappa shape index (κ2) is 32.5. The fourth-order valence-corrected chi connectivity index (χ4v) is 6.24. The lowest BCUT2D eigenvalue weighted by Crippen LogP contribution is -2.58. The predicted octanol–water partition coefficient (Wildman–Crippen LogP) is -4.13. The van der Waals surface area contributed by atoms with Gasteiger partial charge in [0, 0.05) is 6.54 Å². The Labute approximate surface area is 392 Å². The van der Waals surface area contributed by atoms with E-state index in [1.54, 1.807) is 55.4 Å². The molecule has 0 radical (unpaired) electrons. The first kappa shape index (κ1) is 60.9. The van der Waals surface area contributed by atoms with Crippen molar-refractivity contribution in [1.82, 2.24) is 47.9 Å². The van der Waals surface area contributed by atoms with Crippen molar-refractivity contribution in [3.8, 4) is 0 Å². The van der Waals surface area contributed by atoms with Gasteiger partial charge in [-0.3, -0.25) is 48.1 Å². The number of aliphatic imine (C=N–C) groups is 1. The third-order valence-corrected chi connectivity index (χ3v) is 9.81. The van der Waals surface area contributed by atoms with E-state index in [1.165, 1.54) is 0 Å². The van der Waals surface area contributed by atoms with Gasteiger partial charge < -0.3 is 75.9 Å². The third-order valence-electron chi connectivity index (χ3n) is 9.81. The number of aliphatic carboxylic acids is 1. The van der Waals surface area contributed by atoms with E-state index in [2.05, 4.69) is 52.8 Å². The van der Waals surface area contributed by atoms with Crippen molar-refractivity contribution in [1.29, 1.82) is 0 Å². The zero-order valence-corrected chi connectivity index (χ0v) is 40.3. The molecule has 9 amide bonds. The first-order chi connectivity index (χ1) is 31.3. The van der Waals surface area contributed by atoms with E-state index < -0.39 is 133 Å². The molecule has 0 spiro atoms. The van der Waals surface area contributed by atoms with E-state index in [1.807, 2.05) is 0 Å². The maximum atomic E-state index is 13.4. The number of carbonyl (C=O) groups is 10. The number of guanidine groups is 1. The number of nitrogens with two attached hydrogens (primary N) is 4. The van der Waals surface area contributed by atoms with Crippen LogP contribution in [-0.2, 0) is 47.9 Å². The van der Waals surface area contributed by atoms with E-state index in [-0.39, 0.29) is 50.0 Å². The number of carbonyl (C=O) groups excluding carboxylic acids is 9. The minimum atomic E-state index is -1.23. The molecule has 0 heterocycles. The third kappa shape index (κ3) is 27.2. The number of hydrogen-bond acceptors (Lipinski definition) is 13. The van der Waals surface area contributed by atoms with Gasteiger partial charge in [0.15, 0.2) is 5.96 Å². The summed E-state index contributed by atoms with van der Waals surface area (Å²) in [6, 6.07) is -6.59. The summed E-state index contributed by atoms with van der Waals surface area (Å²) >= 11 is 0. The summed E-state index contributed by atoms with van der Waals surface area (Å²) < 4.78 is 0. The number of carboxylic acid groups (broad SMARTS) is 1. The minimum absolute atomic E-state index is 0.0832. The van der Waals surface area contributed by atoms with Crippen molar-refractivity contribution in [3.63, 3.8) is 0 Å². The maximum absolute atomic E-state index is 13.4. The average molecular weight is 955 g/mol. The first-order valence-corrected chi connectivity index (χ1v) is 22.6. The molecule has 382 valence electrons. The van der Waals surface area contributed by atoms with Gasteiger partial charge in [-0.2, -0.15) is 0 Å². The van der Waals surface area contributed by atoms with E-state index in [9.17, 15) is 53.1 Å². The highest BCUT2D eigenvalue weighted by Gasteiger charge is 2.32. The molecule has 18 N–H and O–H groups in total. The Bertz CT molecular complexity index is 1690. The van der Waals surface area contributed by atoms with E-state index >= 15 is 0 Å². The summed E-state index contributed by atoms with van der Waals surface area (Å²) in [4.78, 5) is 132. The lowest BCUT2D eigenvalue weighted by Gasteiger charge is -2.27. The second-order valence-electron chi connectivity index (χ2n) is 17.7. The SMILES string of the molecule is CC(C)C[C@H](NC(=O)CNC(=O)[C@H](CC(C)C)NC(=O)CNC(=O)[C@@H](NC(=O)[C@@H](NC(=O)CNC(=O)[C@@H](N)CCCN=C(N)N)C(C)C)C(C)C)C(=O)NCC(=O)N[C@@H](CCCCN)C(=O)O. The lowest BCUT2D eigenvalue weighted by atomic mass is 9.99. The molecule has 0 saturated carbocycles. The van der Waals surface area contributed by atoms with Crippen LogP contribution in [0.5, 0.6) is 0 Å². The van der Waals surface area contributed by atoms with Crippen LogP contribution in [0.3, 0.4) is 0 Å². The molecular weight excluding hydrogens is 877 g/mol. The Hall–Kier alpha value is -6.11. The number of unbranched alkanes of at least 4 members (excludes halogenated alkanes) is 1. The van der Waals surface area contributed by atoms with Crippen LogP contribution in [0, 0.1) is 23.7 Å². The molecule has 0 aliphatic rings. The second-order valence-corrected chi connectivity index (χ2v) is 17.7. The molecule has 0 aliphatic heterocycles. The lowest BCUT2D eigenvalue weighted by molar-refractivity contribution is -0.142. The Morgan fingerprint density at radius 1 is 0.493 bits per heavy atom. The van der Waals surface area contributed by atoms with Gasteiger partial charge in [-0.1, -0.05) is 55.4 Å². The molecule has 0 aromatic heterocycles. The van der Waals surface area contributed by atoms with Crippen LogP contribution in [0.1, 0.15) is 100 Å². The number of carboxylic acids is 1. The molecule has 0 aromatic carbocycles. The van der Waals surface area contributed by atoms with Crippen molar-refractivity contribution < 1.29 is 53.1 Å². The van der Waals surface area contributed by atoms with Gasteiger partial charge in [0.1, 0.15) is 30.2 Å². The number of nitrogens with one attached hydrogen (secondary N) is 9. The van der Waals surface area contributed by atoms with Crippen LogP contribution >= 0.6 is 0 Å². The Kier molecular flexibility index (Phi) is 29.6. The van der Waals surface area contributed by atoms with Crippen LogP contribution < -0.4 is 70.8 Å². The molecule has 0 fully saturated rings. The summed E-state index contributed by atoms with van der Waals surface area (Å²) in [6.45, 7) is 12.3. The summed E-state index contributed by atoms with van der Waals surface area (Å²) in [6.07, 6.45) is 2.20. The van der Waals surface area contributed by atoms with Crippen LogP contribution in [0.2, 0.25) is 0 Å². The standard InChI is InChI=1S/C42H78N14O11/c1-22(2)16-28(37(62)49-18-30(57)52-27(41(66)67)13-9-10-14-43)53-31(58)19-50-38(63)29(17-23(3)4)54-32(59)20-51-39(64)34(24(5)6)56-40(65)35(25(7)8)55-33(60)21-48-36(61)26(44)12-11-15-47-42(45)46/h22-29,34-35H,9-21,43-44H2,1-8H3,(H,48,61)(H,49,62)(H,50,63)(H,51,64)(H,52,57)(H,53,58)(H,54,59)(H,55,60)(H,56,65)(H,66,67)(H4,45,46,47)/t26-,27-,28-,29-,34-,35-/m0/s1. The fraction of sp³-hybridized carbons (Fsp3) is 0.738. The molecule has 0 rings (SSSR count). The highest BCUT2D eigenvalue weighted by molar-refractivity contribution is 5.96. The van der Waals surface area contributed by atoms with E-state index in [0.29, 0.717) is 25.8 Å². The molecule has 25 heteroatoms. The van der Waals surface area contributed by atoms with Crippen molar-refractivity contribution >= 4 is 65.1 Å². The molecule has 0 aliphatic carbocycles. The summed E-state index contributed by atoms with van der Waals surface area (Å²) in [5.41, 5.74) is 21.9. The Balaban J connectivity index is 5.39. The first-order valence-electron chi connectivity index (χ1n) is 22.6. The van der Waals surface area contributed by atoms with Gasteiger partial charge in [-0.25, -0.2) is 4.79 Å². The van der Waals surface area contributed by atoms with Crippen LogP contribution in [-0.4, -0.2) is 146 Å². The van der Waals surface area contributed by atoms with Gasteiger partial charge in [-0.15, -0.1) is 0 Å². The largest absolute Gasteiger partial charge is 0.480 e. The quantitative estimate of drug-likeness (QED) is 0.0169. The molecule has 67 heavy (non-hydrogen) atoms. The van der Waals surface area contributed by atoms with Gasteiger partial charge >= 0.3 is 5.97 Å². The Morgan fingerprint density at radius 2 is 0.896 bits per heavy atom. The molecular formula is C42H78N14O11. The van der Waals surface area contributed by atoms with Crippen molar-refractivity contribution in [2.24, 2.45) is 51.6 Å². The number of nitrogens with zero attached hydrogens (tertiary/aromatic N) is 1. The monoisotopic (exact) mass is 955 g/mol. The summed E-state index contributed by atoms with van der Waals surface area (Å²) in [5, 5.41) is 31.8. The summed E-state index contributed by atoms with van der Waals surface area (Å²) in [5.74, 6) is -8.79. The zero-order chi connectivity index (χ0) is 51.4. The summed E-state index contributed by atoms with van der Waals surface area (Å²) in [7, 11) is 0. The zero-order valence-electron chi connectivity index (χ0n) is 40.3. The molecule has 0 saturated heterocycles. The van der Waals surface area contributed by atoms with Gasteiger partial charge in [0.2, 0.25) is 53.2 Å². The van der Waals surface area contributed by atoms with E-state index in [4.69, 9.17) is 22.9 Å². The fourth-order valence-electron chi connectivity index (χ4n) is 6.24.